The Balaban J connectivity index is 2.64. The van der Waals surface area contributed by atoms with E-state index in [2.05, 4.69) is 53.9 Å². The SMILES string of the molecule is CCNC(=NCc1ccc(C)cc1SC)NCCOCC. The Kier molecular flexibility index (Phi) is 8.94. The number of aliphatic imine (C=N–C) groups is 1. The molecule has 0 saturated heterocycles. The Morgan fingerprint density at radius 1 is 1.29 bits per heavy atom. The van der Waals surface area contributed by atoms with Crippen molar-refractivity contribution >= 4 is 17.7 Å². The minimum Gasteiger partial charge on any atom is -0.380 e. The van der Waals surface area contributed by atoms with E-state index in [1.54, 1.807) is 11.8 Å². The van der Waals surface area contributed by atoms with E-state index in [0.717, 1.165) is 25.7 Å². The molecule has 1 aromatic rings. The van der Waals surface area contributed by atoms with Crippen LogP contribution in [0.5, 0.6) is 0 Å². The first-order valence-corrected chi connectivity index (χ1v) is 8.67. The number of rotatable bonds is 8. The van der Waals surface area contributed by atoms with Gasteiger partial charge in [0.2, 0.25) is 0 Å². The van der Waals surface area contributed by atoms with Gasteiger partial charge in [-0.15, -0.1) is 11.8 Å². The normalized spacial score (nSPS) is 11.5. The Morgan fingerprint density at radius 3 is 2.76 bits per heavy atom. The number of benzene rings is 1. The smallest absolute Gasteiger partial charge is 0.191 e. The number of ether oxygens (including phenoxy) is 1. The van der Waals surface area contributed by atoms with Crippen LogP contribution >= 0.6 is 11.8 Å². The summed E-state index contributed by atoms with van der Waals surface area (Å²) < 4.78 is 5.33. The number of nitrogens with zero attached hydrogens (tertiary/aromatic N) is 1. The van der Waals surface area contributed by atoms with Crippen molar-refractivity contribution in [1.29, 1.82) is 0 Å². The van der Waals surface area contributed by atoms with Crippen LogP contribution in [0.2, 0.25) is 0 Å². The molecule has 1 rings (SSSR count). The second-order valence-corrected chi connectivity index (χ2v) is 5.48. The van der Waals surface area contributed by atoms with Crippen molar-refractivity contribution in [3.63, 3.8) is 0 Å². The van der Waals surface area contributed by atoms with Gasteiger partial charge in [0.1, 0.15) is 0 Å². The number of hydrogen-bond acceptors (Lipinski definition) is 3. The van der Waals surface area contributed by atoms with Crippen LogP contribution in [0.4, 0.5) is 0 Å². The molecule has 0 heterocycles. The summed E-state index contributed by atoms with van der Waals surface area (Å²) in [6.07, 6.45) is 2.10. The van der Waals surface area contributed by atoms with Gasteiger partial charge in [-0.25, -0.2) is 4.99 Å². The first-order valence-electron chi connectivity index (χ1n) is 7.44. The molecule has 0 aliphatic carbocycles. The summed E-state index contributed by atoms with van der Waals surface area (Å²) >= 11 is 1.77. The van der Waals surface area contributed by atoms with Gasteiger partial charge in [0.05, 0.1) is 13.2 Å². The number of guanidine groups is 1. The van der Waals surface area contributed by atoms with Crippen LogP contribution in [-0.4, -0.2) is 38.5 Å². The first kappa shape index (κ1) is 17.9. The average molecular weight is 309 g/mol. The molecule has 0 saturated carbocycles. The summed E-state index contributed by atoms with van der Waals surface area (Å²) in [5.74, 6) is 0.838. The topological polar surface area (TPSA) is 45.7 Å². The highest BCUT2D eigenvalue weighted by Gasteiger charge is 2.02. The fourth-order valence-electron chi connectivity index (χ4n) is 1.87. The van der Waals surface area contributed by atoms with E-state index in [1.165, 1.54) is 16.0 Å². The number of aryl methyl sites for hydroxylation is 1. The zero-order valence-electron chi connectivity index (χ0n) is 13.5. The molecule has 0 aromatic heterocycles. The summed E-state index contributed by atoms with van der Waals surface area (Å²) in [5, 5.41) is 6.54. The van der Waals surface area contributed by atoms with Crippen LogP contribution in [0.1, 0.15) is 25.0 Å². The van der Waals surface area contributed by atoms with Crippen molar-refractivity contribution in [2.45, 2.75) is 32.2 Å². The van der Waals surface area contributed by atoms with Crippen molar-refractivity contribution in [3.05, 3.63) is 29.3 Å². The maximum absolute atomic E-state index is 5.33. The second kappa shape index (κ2) is 10.5. The molecule has 0 bridgehead atoms. The molecule has 0 amide bonds. The van der Waals surface area contributed by atoms with E-state index in [1.807, 2.05) is 6.92 Å². The quantitative estimate of drug-likeness (QED) is 0.335. The van der Waals surface area contributed by atoms with Gasteiger partial charge >= 0.3 is 0 Å². The van der Waals surface area contributed by atoms with Crippen LogP contribution in [0.15, 0.2) is 28.1 Å². The van der Waals surface area contributed by atoms with E-state index in [-0.39, 0.29) is 0 Å². The lowest BCUT2D eigenvalue weighted by Gasteiger charge is -2.12. The van der Waals surface area contributed by atoms with Crippen molar-refractivity contribution in [2.75, 3.05) is 32.6 Å². The highest BCUT2D eigenvalue weighted by Crippen LogP contribution is 2.22. The molecule has 5 heteroatoms. The predicted molar refractivity (Wildman–Crippen MR) is 92.3 cm³/mol. The summed E-state index contributed by atoms with van der Waals surface area (Å²) in [5.41, 5.74) is 2.55. The fourth-order valence-corrected chi connectivity index (χ4v) is 2.57. The molecule has 0 radical (unpaired) electrons. The highest BCUT2D eigenvalue weighted by atomic mass is 32.2. The lowest BCUT2D eigenvalue weighted by atomic mass is 10.1. The fraction of sp³-hybridized carbons (Fsp3) is 0.562. The molecule has 21 heavy (non-hydrogen) atoms. The average Bonchev–Trinajstić information content (AvgIpc) is 2.49. The minimum atomic E-state index is 0.681. The van der Waals surface area contributed by atoms with Gasteiger partial charge in [0, 0.05) is 24.6 Å². The van der Waals surface area contributed by atoms with Gasteiger partial charge in [0.25, 0.3) is 0 Å². The Morgan fingerprint density at radius 2 is 2.10 bits per heavy atom. The largest absolute Gasteiger partial charge is 0.380 e. The van der Waals surface area contributed by atoms with Gasteiger partial charge in [0.15, 0.2) is 5.96 Å². The second-order valence-electron chi connectivity index (χ2n) is 4.63. The number of nitrogens with one attached hydrogen (secondary N) is 2. The van der Waals surface area contributed by atoms with Gasteiger partial charge in [-0.3, -0.25) is 0 Å². The summed E-state index contributed by atoms with van der Waals surface area (Å²) in [6, 6.07) is 6.51. The molecule has 2 N–H and O–H groups in total. The third-order valence-electron chi connectivity index (χ3n) is 2.94. The molecule has 0 aliphatic heterocycles. The van der Waals surface area contributed by atoms with Crippen LogP contribution in [-0.2, 0) is 11.3 Å². The highest BCUT2D eigenvalue weighted by molar-refractivity contribution is 7.98. The molecule has 1 aromatic carbocycles. The zero-order chi connectivity index (χ0) is 15.5. The van der Waals surface area contributed by atoms with Gasteiger partial charge in [-0.2, -0.15) is 0 Å². The molecule has 0 fully saturated rings. The lowest BCUT2D eigenvalue weighted by Crippen LogP contribution is -2.39. The van der Waals surface area contributed by atoms with Crippen molar-refractivity contribution < 1.29 is 4.74 Å². The molecule has 4 nitrogen and oxygen atoms in total. The van der Waals surface area contributed by atoms with Gasteiger partial charge in [-0.05, 0) is 44.2 Å². The van der Waals surface area contributed by atoms with E-state index in [0.29, 0.717) is 13.2 Å². The number of hydrogen-bond donors (Lipinski definition) is 2. The molecule has 0 aliphatic rings. The molecular formula is C16H27N3OS. The molecule has 0 spiro atoms. The van der Waals surface area contributed by atoms with Gasteiger partial charge in [-0.1, -0.05) is 12.1 Å². The minimum absolute atomic E-state index is 0.681. The summed E-state index contributed by atoms with van der Waals surface area (Å²) in [6.45, 7) is 9.93. The Bertz CT molecular complexity index is 449. The Hall–Kier alpha value is -1.20. The van der Waals surface area contributed by atoms with Crippen LogP contribution in [0.3, 0.4) is 0 Å². The number of thioether (sulfide) groups is 1. The van der Waals surface area contributed by atoms with E-state index in [4.69, 9.17) is 4.74 Å². The monoisotopic (exact) mass is 309 g/mol. The Labute approximate surface area is 132 Å². The molecule has 0 unspecified atom stereocenters. The maximum Gasteiger partial charge on any atom is 0.191 e. The molecule has 118 valence electrons. The van der Waals surface area contributed by atoms with Crippen LogP contribution in [0, 0.1) is 6.92 Å². The maximum atomic E-state index is 5.33. The van der Waals surface area contributed by atoms with Crippen LogP contribution in [0.25, 0.3) is 0 Å². The van der Waals surface area contributed by atoms with Crippen molar-refractivity contribution in [1.82, 2.24) is 10.6 Å². The van der Waals surface area contributed by atoms with E-state index in [9.17, 15) is 0 Å². The summed E-state index contributed by atoms with van der Waals surface area (Å²) in [4.78, 5) is 5.94. The van der Waals surface area contributed by atoms with E-state index >= 15 is 0 Å². The van der Waals surface area contributed by atoms with Gasteiger partial charge < -0.3 is 15.4 Å². The third kappa shape index (κ3) is 6.87. The lowest BCUT2D eigenvalue weighted by molar-refractivity contribution is 0.152. The van der Waals surface area contributed by atoms with Crippen LogP contribution < -0.4 is 10.6 Å². The van der Waals surface area contributed by atoms with E-state index < -0.39 is 0 Å². The summed E-state index contributed by atoms with van der Waals surface area (Å²) in [7, 11) is 0. The predicted octanol–water partition coefficient (Wildman–Crippen LogP) is 2.81. The standard InChI is InChI=1S/C16H27N3OS/c1-5-17-16(18-9-10-20-6-2)19-12-14-8-7-13(3)11-15(14)21-4/h7-8,11H,5-6,9-10,12H2,1-4H3,(H2,17,18,19). The van der Waals surface area contributed by atoms with Crippen molar-refractivity contribution in [3.8, 4) is 0 Å². The third-order valence-corrected chi connectivity index (χ3v) is 3.76. The molecule has 0 atom stereocenters. The molecular weight excluding hydrogens is 282 g/mol. The zero-order valence-corrected chi connectivity index (χ0v) is 14.3. The van der Waals surface area contributed by atoms with Crippen molar-refractivity contribution in [2.24, 2.45) is 4.99 Å². The first-order chi connectivity index (χ1) is 10.2.